The minimum Gasteiger partial charge on any atom is -0.600 e. The summed E-state index contributed by atoms with van der Waals surface area (Å²) in [6.45, 7) is -0.591. The lowest BCUT2D eigenvalue weighted by Crippen LogP contribution is -3.04. The molecule has 1 aliphatic heterocycles. The second-order valence-corrected chi connectivity index (χ2v) is 4.07. The number of rotatable bonds is 6. The molecule has 0 aromatic rings. The van der Waals surface area contributed by atoms with Crippen molar-refractivity contribution in [2.24, 2.45) is 0 Å². The summed E-state index contributed by atoms with van der Waals surface area (Å²) in [5.41, 5.74) is 0. The molecule has 1 rings (SSSR count). The van der Waals surface area contributed by atoms with Gasteiger partial charge in [-0.05, 0) is 0 Å². The van der Waals surface area contributed by atoms with E-state index in [2.05, 4.69) is 0 Å². The molecule has 0 spiro atoms. The molecule has 0 aliphatic carbocycles. The van der Waals surface area contributed by atoms with Crippen LogP contribution in [0.4, 0.5) is 0 Å². The number of aliphatic hydroxyl groups is 4. The Hall–Kier alpha value is -0.360. The van der Waals surface area contributed by atoms with E-state index in [9.17, 15) is 20.5 Å². The fourth-order valence-corrected chi connectivity index (χ4v) is 1.63. The van der Waals surface area contributed by atoms with Gasteiger partial charge in [0, 0.05) is 6.42 Å². The van der Waals surface area contributed by atoms with Crippen LogP contribution in [0.5, 0.6) is 0 Å². The van der Waals surface area contributed by atoms with Crippen molar-refractivity contribution in [1.82, 2.24) is 0 Å². The number of ether oxygens (including phenoxy) is 2. The van der Waals surface area contributed by atoms with E-state index in [1.165, 1.54) is 0 Å². The van der Waals surface area contributed by atoms with Gasteiger partial charge in [0.15, 0.2) is 6.29 Å². The van der Waals surface area contributed by atoms with E-state index < -0.39 is 42.5 Å². The Bertz CT molecular complexity index is 239. The Balaban J connectivity index is 2.39. The highest BCUT2D eigenvalue weighted by Crippen LogP contribution is 2.21. The van der Waals surface area contributed by atoms with Crippen molar-refractivity contribution < 1.29 is 40.3 Å². The van der Waals surface area contributed by atoms with Crippen LogP contribution in [0.3, 0.4) is 0 Å². The zero-order valence-corrected chi connectivity index (χ0v) is 9.68. The summed E-state index contributed by atoms with van der Waals surface area (Å²) in [6, 6.07) is 0. The van der Waals surface area contributed by atoms with Gasteiger partial charge in [-0.1, -0.05) is 0 Å². The molecule has 1 heterocycles. The minimum absolute atomic E-state index is 0.0228. The van der Waals surface area contributed by atoms with Crippen molar-refractivity contribution >= 4 is 0 Å². The number of hydroxylamine groups is 2. The molecule has 0 bridgehead atoms. The number of hydrogen-bond acceptors (Lipinski definition) is 8. The summed E-state index contributed by atoms with van der Waals surface area (Å²) in [6.07, 6.45) is -6.36. The normalized spacial score (nSPS) is 38.7. The summed E-state index contributed by atoms with van der Waals surface area (Å²) in [5, 5.41) is 55.1. The van der Waals surface area contributed by atoms with Gasteiger partial charge in [-0.25, -0.2) is 10.4 Å². The molecule has 1 unspecified atom stereocenters. The summed E-state index contributed by atoms with van der Waals surface area (Å²) >= 11 is 0. The topological polar surface area (TPSA) is 147 Å². The van der Waals surface area contributed by atoms with Crippen LogP contribution in [0, 0.1) is 5.21 Å². The summed E-state index contributed by atoms with van der Waals surface area (Å²) in [7, 11) is 0. The molecule has 6 atom stereocenters. The molecule has 1 aliphatic rings. The van der Waals surface area contributed by atoms with E-state index in [1.54, 1.807) is 0 Å². The van der Waals surface area contributed by atoms with Crippen LogP contribution in [0.1, 0.15) is 6.42 Å². The average Bonchev–Trinajstić information content (AvgIpc) is 2.34. The fourth-order valence-electron chi connectivity index (χ4n) is 1.63. The molecular formula is C9H19NO8. The molecule has 9 nitrogen and oxygen atoms in total. The van der Waals surface area contributed by atoms with Gasteiger partial charge in [-0.15, -0.1) is 0 Å². The predicted octanol–water partition coefficient (Wildman–Crippen LogP) is -4.04. The molecule has 0 aromatic carbocycles. The van der Waals surface area contributed by atoms with Crippen molar-refractivity contribution in [1.29, 1.82) is 0 Å². The van der Waals surface area contributed by atoms with Crippen LogP contribution in [0.2, 0.25) is 0 Å². The van der Waals surface area contributed by atoms with Crippen molar-refractivity contribution in [2.75, 3.05) is 19.8 Å². The first kappa shape index (κ1) is 15.7. The van der Waals surface area contributed by atoms with Gasteiger partial charge in [0.25, 0.3) is 0 Å². The Morgan fingerprint density at radius 3 is 2.39 bits per heavy atom. The lowest BCUT2D eigenvalue weighted by Gasteiger charge is -2.39. The third kappa shape index (κ3) is 4.09. The van der Waals surface area contributed by atoms with Gasteiger partial charge in [-0.3, -0.25) is 0 Å². The van der Waals surface area contributed by atoms with E-state index in [0.717, 1.165) is 0 Å². The first-order valence-electron chi connectivity index (χ1n) is 5.61. The molecule has 0 aromatic heterocycles. The Kier molecular flexibility index (Phi) is 6.35. The monoisotopic (exact) mass is 269 g/mol. The molecule has 1 saturated heterocycles. The predicted molar refractivity (Wildman–Crippen MR) is 55.3 cm³/mol. The first-order valence-corrected chi connectivity index (χ1v) is 5.61. The Morgan fingerprint density at radius 2 is 1.83 bits per heavy atom. The van der Waals surface area contributed by atoms with Crippen LogP contribution in [-0.2, 0) is 9.47 Å². The van der Waals surface area contributed by atoms with Crippen molar-refractivity contribution in [3.63, 3.8) is 0 Å². The van der Waals surface area contributed by atoms with Crippen LogP contribution in [0.25, 0.3) is 0 Å². The molecule has 9 heteroatoms. The van der Waals surface area contributed by atoms with E-state index in [4.69, 9.17) is 19.8 Å². The zero-order valence-electron chi connectivity index (χ0n) is 9.68. The summed E-state index contributed by atoms with van der Waals surface area (Å²) in [4.78, 5) is 0. The molecule has 108 valence electrons. The molecule has 1 fully saturated rings. The maximum absolute atomic E-state index is 10.3. The maximum atomic E-state index is 10.3. The number of nitrogens with one attached hydrogen (secondary N) is 1. The van der Waals surface area contributed by atoms with E-state index >= 15 is 0 Å². The molecule has 0 amide bonds. The SMILES string of the molecule is [O-][NH+](O)CCCO[C@@H]1O[C@H](CO)[C@@H](O)[C@H](O)[C@H]1O. The van der Waals surface area contributed by atoms with Crippen LogP contribution < -0.4 is 5.23 Å². The number of hydrogen-bond donors (Lipinski definition) is 6. The quantitative estimate of drug-likeness (QED) is 0.211. The van der Waals surface area contributed by atoms with E-state index in [1.807, 2.05) is 0 Å². The summed E-state index contributed by atoms with van der Waals surface area (Å²) in [5.74, 6) is 0. The van der Waals surface area contributed by atoms with Crippen molar-refractivity contribution in [3.8, 4) is 0 Å². The van der Waals surface area contributed by atoms with Gasteiger partial charge >= 0.3 is 0 Å². The Morgan fingerprint density at radius 1 is 1.17 bits per heavy atom. The highest BCUT2D eigenvalue weighted by atomic mass is 16.8. The van der Waals surface area contributed by atoms with Crippen LogP contribution >= 0.6 is 0 Å². The molecule has 0 saturated carbocycles. The van der Waals surface area contributed by atoms with Crippen LogP contribution in [0.15, 0.2) is 0 Å². The van der Waals surface area contributed by atoms with Crippen molar-refractivity contribution in [3.05, 3.63) is 5.21 Å². The van der Waals surface area contributed by atoms with Gasteiger partial charge < -0.3 is 35.1 Å². The lowest BCUT2D eigenvalue weighted by molar-refractivity contribution is -1.05. The molecular weight excluding hydrogens is 250 g/mol. The largest absolute Gasteiger partial charge is 0.600 e. The average molecular weight is 269 g/mol. The fraction of sp³-hybridized carbons (Fsp3) is 1.00. The second-order valence-electron chi connectivity index (χ2n) is 4.07. The Labute approximate surface area is 103 Å². The van der Waals surface area contributed by atoms with Gasteiger partial charge in [0.1, 0.15) is 31.0 Å². The van der Waals surface area contributed by atoms with Gasteiger partial charge in [0.05, 0.1) is 13.2 Å². The maximum Gasteiger partial charge on any atom is 0.186 e. The number of quaternary nitrogens is 1. The van der Waals surface area contributed by atoms with E-state index in [-0.39, 0.29) is 19.6 Å². The zero-order chi connectivity index (χ0) is 13.7. The standard InChI is InChI=1S/C9H19NO8/c11-4-5-6(12)7(13)8(14)9(18-5)17-3-1-2-10(15)16/h5-15H,1-4H2/t5-,6-,7+,8-,9-/m1/s1. The highest BCUT2D eigenvalue weighted by Gasteiger charge is 2.43. The summed E-state index contributed by atoms with van der Waals surface area (Å²) < 4.78 is 10.1. The van der Waals surface area contributed by atoms with Gasteiger partial charge in [0.2, 0.25) is 0 Å². The van der Waals surface area contributed by atoms with Crippen LogP contribution in [-0.4, -0.2) is 76.1 Å². The third-order valence-corrected chi connectivity index (χ3v) is 2.67. The minimum atomic E-state index is -1.49. The number of aliphatic hydroxyl groups excluding tert-OH is 4. The smallest absolute Gasteiger partial charge is 0.186 e. The molecule has 18 heavy (non-hydrogen) atoms. The third-order valence-electron chi connectivity index (χ3n) is 2.67. The lowest BCUT2D eigenvalue weighted by atomic mass is 9.99. The molecule has 0 radical (unpaired) electrons. The second kappa shape index (κ2) is 7.28. The first-order chi connectivity index (χ1) is 8.47. The van der Waals surface area contributed by atoms with Crippen molar-refractivity contribution in [2.45, 2.75) is 37.1 Å². The van der Waals surface area contributed by atoms with Gasteiger partial charge in [-0.2, -0.15) is 0 Å². The van der Waals surface area contributed by atoms with E-state index in [0.29, 0.717) is 0 Å². The highest BCUT2D eigenvalue weighted by molar-refractivity contribution is 4.88. The molecule has 6 N–H and O–H groups in total.